The SMILES string of the molecule is C#CCC(C)Nc1ccc2nnc(C(F)(F)F)n2n1. The van der Waals surface area contributed by atoms with Gasteiger partial charge in [-0.1, -0.05) is 0 Å². The molecule has 0 radical (unpaired) electrons. The van der Waals surface area contributed by atoms with Gasteiger partial charge < -0.3 is 5.32 Å². The van der Waals surface area contributed by atoms with Crippen molar-refractivity contribution in [3.63, 3.8) is 0 Å². The van der Waals surface area contributed by atoms with E-state index >= 15 is 0 Å². The molecule has 2 aromatic heterocycles. The van der Waals surface area contributed by atoms with E-state index in [1.807, 2.05) is 6.92 Å². The largest absolute Gasteiger partial charge is 0.453 e. The van der Waals surface area contributed by atoms with Crippen molar-refractivity contribution in [3.8, 4) is 12.3 Å². The van der Waals surface area contributed by atoms with Gasteiger partial charge in [0.2, 0.25) is 0 Å². The van der Waals surface area contributed by atoms with Crippen LogP contribution < -0.4 is 5.32 Å². The molecule has 1 atom stereocenters. The maximum absolute atomic E-state index is 12.7. The number of alkyl halides is 3. The lowest BCUT2D eigenvalue weighted by Gasteiger charge is -2.11. The number of aromatic nitrogens is 4. The Morgan fingerprint density at radius 2 is 2.16 bits per heavy atom. The van der Waals surface area contributed by atoms with Crippen LogP contribution in [0.3, 0.4) is 0 Å². The highest BCUT2D eigenvalue weighted by Crippen LogP contribution is 2.27. The number of fused-ring (bicyclic) bond motifs is 1. The third-order valence-electron chi connectivity index (χ3n) is 2.33. The fourth-order valence-electron chi connectivity index (χ4n) is 1.52. The van der Waals surface area contributed by atoms with E-state index in [0.29, 0.717) is 10.9 Å². The summed E-state index contributed by atoms with van der Waals surface area (Å²) in [5.41, 5.74) is 0.0301. The monoisotopic (exact) mass is 269 g/mol. The van der Waals surface area contributed by atoms with Crippen LogP contribution in [0.1, 0.15) is 19.2 Å². The van der Waals surface area contributed by atoms with Gasteiger partial charge in [-0.15, -0.1) is 27.6 Å². The molecule has 0 aliphatic heterocycles. The number of terminal acetylenes is 1. The van der Waals surface area contributed by atoms with E-state index in [0.717, 1.165) is 0 Å². The minimum atomic E-state index is -4.60. The number of hydrogen-bond donors (Lipinski definition) is 1. The van der Waals surface area contributed by atoms with Crippen molar-refractivity contribution in [2.24, 2.45) is 0 Å². The van der Waals surface area contributed by atoms with Crippen LogP contribution in [0.2, 0.25) is 0 Å². The molecule has 5 nitrogen and oxygen atoms in total. The fourth-order valence-corrected chi connectivity index (χ4v) is 1.52. The quantitative estimate of drug-likeness (QED) is 0.865. The molecule has 0 aromatic carbocycles. The van der Waals surface area contributed by atoms with Crippen molar-refractivity contribution in [1.82, 2.24) is 19.8 Å². The highest BCUT2D eigenvalue weighted by Gasteiger charge is 2.37. The van der Waals surface area contributed by atoms with Crippen molar-refractivity contribution in [1.29, 1.82) is 0 Å². The van der Waals surface area contributed by atoms with E-state index in [-0.39, 0.29) is 17.5 Å². The Morgan fingerprint density at radius 1 is 1.42 bits per heavy atom. The predicted octanol–water partition coefficient (Wildman–Crippen LogP) is 1.97. The molecule has 1 N–H and O–H groups in total. The molecule has 100 valence electrons. The number of rotatable bonds is 3. The third kappa shape index (κ3) is 2.76. The van der Waals surface area contributed by atoms with Crippen LogP contribution in [0.4, 0.5) is 19.0 Å². The van der Waals surface area contributed by atoms with Gasteiger partial charge in [-0.3, -0.25) is 0 Å². The minimum absolute atomic E-state index is 0.0301. The summed E-state index contributed by atoms with van der Waals surface area (Å²) in [5, 5.41) is 13.2. The van der Waals surface area contributed by atoms with Gasteiger partial charge in [0.25, 0.3) is 5.82 Å². The first-order chi connectivity index (χ1) is 8.91. The van der Waals surface area contributed by atoms with Gasteiger partial charge in [0.1, 0.15) is 5.82 Å². The molecule has 2 aromatic rings. The third-order valence-corrected chi connectivity index (χ3v) is 2.33. The summed E-state index contributed by atoms with van der Waals surface area (Å²) in [6, 6.07) is 2.83. The van der Waals surface area contributed by atoms with Crippen molar-refractivity contribution in [2.45, 2.75) is 25.6 Å². The topological polar surface area (TPSA) is 55.1 Å². The molecule has 1 unspecified atom stereocenters. The zero-order valence-electron chi connectivity index (χ0n) is 9.94. The number of nitrogens with one attached hydrogen (secondary N) is 1. The minimum Gasteiger partial charge on any atom is -0.365 e. The van der Waals surface area contributed by atoms with Gasteiger partial charge in [0.15, 0.2) is 5.65 Å². The van der Waals surface area contributed by atoms with Gasteiger partial charge in [-0.05, 0) is 19.1 Å². The molecule has 0 bridgehead atoms. The van der Waals surface area contributed by atoms with Crippen molar-refractivity contribution in [3.05, 3.63) is 18.0 Å². The van der Waals surface area contributed by atoms with E-state index in [9.17, 15) is 13.2 Å². The Kier molecular flexibility index (Phi) is 3.29. The normalized spacial score (nSPS) is 13.2. The first kappa shape index (κ1) is 13.1. The molecule has 0 fully saturated rings. The van der Waals surface area contributed by atoms with Crippen LogP contribution in [0.5, 0.6) is 0 Å². The Morgan fingerprint density at radius 3 is 2.79 bits per heavy atom. The van der Waals surface area contributed by atoms with E-state index in [4.69, 9.17) is 6.42 Å². The van der Waals surface area contributed by atoms with Crippen LogP contribution in [0.25, 0.3) is 5.65 Å². The summed E-state index contributed by atoms with van der Waals surface area (Å²) in [4.78, 5) is 0. The van der Waals surface area contributed by atoms with E-state index in [2.05, 4.69) is 26.5 Å². The average Bonchev–Trinajstić information content (AvgIpc) is 2.71. The second-order valence-corrected chi connectivity index (χ2v) is 3.96. The summed E-state index contributed by atoms with van der Waals surface area (Å²) in [6.07, 6.45) is 0.991. The Labute approximate surface area is 106 Å². The summed E-state index contributed by atoms with van der Waals surface area (Å²) in [5.74, 6) is 1.58. The lowest BCUT2D eigenvalue weighted by atomic mass is 10.2. The highest BCUT2D eigenvalue weighted by molar-refractivity contribution is 5.44. The lowest BCUT2D eigenvalue weighted by molar-refractivity contribution is -0.146. The van der Waals surface area contributed by atoms with Crippen LogP contribution in [0, 0.1) is 12.3 Å². The van der Waals surface area contributed by atoms with Gasteiger partial charge in [0, 0.05) is 12.5 Å². The van der Waals surface area contributed by atoms with Crippen LogP contribution in [-0.4, -0.2) is 25.9 Å². The first-order valence-electron chi connectivity index (χ1n) is 5.41. The molecular weight excluding hydrogens is 259 g/mol. The second kappa shape index (κ2) is 4.76. The van der Waals surface area contributed by atoms with Crippen molar-refractivity contribution < 1.29 is 13.2 Å². The van der Waals surface area contributed by atoms with Crippen LogP contribution >= 0.6 is 0 Å². The number of nitrogens with zero attached hydrogens (tertiary/aromatic N) is 4. The number of anilines is 1. The summed E-state index contributed by atoms with van der Waals surface area (Å²) in [6.45, 7) is 1.81. The van der Waals surface area contributed by atoms with E-state index in [1.54, 1.807) is 0 Å². The summed E-state index contributed by atoms with van der Waals surface area (Å²) < 4.78 is 38.6. The molecular formula is C11H10F3N5. The zero-order chi connectivity index (χ0) is 14.0. The molecule has 0 saturated carbocycles. The molecule has 0 spiro atoms. The lowest BCUT2D eigenvalue weighted by Crippen LogP contribution is -2.17. The standard InChI is InChI=1S/C11H10F3N5/c1-3-4-7(2)15-8-5-6-9-16-17-10(11(12,13)14)19(9)18-8/h1,5-7H,4H2,2H3,(H,15,18). The molecule has 0 aliphatic rings. The highest BCUT2D eigenvalue weighted by atomic mass is 19.4. The van der Waals surface area contributed by atoms with Gasteiger partial charge in [0.05, 0.1) is 0 Å². The van der Waals surface area contributed by atoms with Crippen LogP contribution in [0.15, 0.2) is 12.1 Å². The van der Waals surface area contributed by atoms with Gasteiger partial charge in [-0.25, -0.2) is 0 Å². The van der Waals surface area contributed by atoms with Crippen molar-refractivity contribution >= 4 is 11.5 Å². The number of halogens is 3. The fraction of sp³-hybridized carbons (Fsp3) is 0.364. The molecule has 2 heterocycles. The van der Waals surface area contributed by atoms with E-state index in [1.165, 1.54) is 12.1 Å². The Bertz CT molecular complexity index is 625. The number of hydrogen-bond acceptors (Lipinski definition) is 4. The second-order valence-electron chi connectivity index (χ2n) is 3.96. The molecule has 19 heavy (non-hydrogen) atoms. The van der Waals surface area contributed by atoms with Crippen molar-refractivity contribution in [2.75, 3.05) is 5.32 Å². The predicted molar refractivity (Wildman–Crippen MR) is 62.3 cm³/mol. The van der Waals surface area contributed by atoms with Crippen LogP contribution in [-0.2, 0) is 6.18 Å². The molecule has 0 saturated heterocycles. The smallest absolute Gasteiger partial charge is 0.365 e. The molecule has 8 heteroatoms. The summed E-state index contributed by atoms with van der Waals surface area (Å²) in [7, 11) is 0. The Hall–Kier alpha value is -2.30. The zero-order valence-corrected chi connectivity index (χ0v) is 9.94. The van der Waals surface area contributed by atoms with E-state index < -0.39 is 12.0 Å². The molecule has 2 rings (SSSR count). The van der Waals surface area contributed by atoms with Gasteiger partial charge >= 0.3 is 6.18 Å². The maximum Gasteiger partial charge on any atom is 0.453 e. The van der Waals surface area contributed by atoms with Gasteiger partial charge in [-0.2, -0.15) is 17.7 Å². The molecule has 0 aliphatic carbocycles. The maximum atomic E-state index is 12.7. The molecule has 0 amide bonds. The Balaban J connectivity index is 2.36. The average molecular weight is 269 g/mol. The summed E-state index contributed by atoms with van der Waals surface area (Å²) >= 11 is 0. The first-order valence-corrected chi connectivity index (χ1v) is 5.41.